The Morgan fingerprint density at radius 2 is 1.08 bits per heavy atom. The normalized spacial score (nSPS) is 21.3. The molecule has 0 radical (unpaired) electrons. The Balaban J connectivity index is 1.16. The van der Waals surface area contributed by atoms with Crippen molar-refractivity contribution >= 4 is 70.6 Å². The van der Waals surface area contributed by atoms with Gasteiger partial charge in [0.25, 0.3) is 17.0 Å². The lowest BCUT2D eigenvalue weighted by molar-refractivity contribution is 0.348. The first-order chi connectivity index (χ1) is 30.2. The fraction of sp³-hybridized carbons (Fsp3) is 0.423. The van der Waals surface area contributed by atoms with E-state index in [1.807, 2.05) is 24.5 Å². The summed E-state index contributed by atoms with van der Waals surface area (Å²) in [4.78, 5) is 20.9. The van der Waals surface area contributed by atoms with E-state index < -0.39 is 0 Å². The van der Waals surface area contributed by atoms with Crippen LogP contribution in [0.25, 0.3) is 56.5 Å². The van der Waals surface area contributed by atoms with Gasteiger partial charge in [0, 0.05) is 29.3 Å². The predicted molar refractivity (Wildman–Crippen MR) is 253 cm³/mol. The largest absolute Gasteiger partial charge is 0.332 e. The van der Waals surface area contributed by atoms with Gasteiger partial charge < -0.3 is 9.13 Å². The molecule has 3 spiro atoms. The molecule has 0 saturated heterocycles. The molecule has 0 N–H and O–H groups in total. The minimum atomic E-state index is -0.196. The van der Waals surface area contributed by atoms with Gasteiger partial charge in [0.15, 0.2) is 0 Å². The molecular formula is C52H48N6OS3. The molecule has 0 bridgehead atoms. The molecule has 10 heteroatoms. The van der Waals surface area contributed by atoms with Crippen LogP contribution >= 0.6 is 34.9 Å². The van der Waals surface area contributed by atoms with Crippen molar-refractivity contribution in [1.29, 1.82) is 10.5 Å². The molecule has 4 aromatic rings. The number of fused-ring (bicyclic) bond motifs is 9. The van der Waals surface area contributed by atoms with Gasteiger partial charge in [-0.15, -0.1) is 22.7 Å². The van der Waals surface area contributed by atoms with Gasteiger partial charge in [-0.25, -0.2) is 20.2 Å². The molecular weight excluding hydrogens is 821 g/mol. The van der Waals surface area contributed by atoms with Crippen LogP contribution in [0.3, 0.4) is 0 Å². The van der Waals surface area contributed by atoms with Crippen LogP contribution in [0.5, 0.6) is 0 Å². The van der Waals surface area contributed by atoms with Crippen LogP contribution in [0.15, 0.2) is 40.2 Å². The van der Waals surface area contributed by atoms with Crippen molar-refractivity contribution in [2.45, 2.75) is 139 Å². The summed E-state index contributed by atoms with van der Waals surface area (Å²) >= 11 is 8.81. The Kier molecular flexibility index (Phi) is 10.2. The fourth-order valence-corrected chi connectivity index (χ4v) is 15.2. The van der Waals surface area contributed by atoms with Crippen molar-refractivity contribution in [3.05, 3.63) is 125 Å². The Hall–Kier alpha value is -5.36. The van der Waals surface area contributed by atoms with E-state index in [4.69, 9.17) is 25.4 Å². The molecule has 2 heterocycles. The number of hydrogen-bond donors (Lipinski definition) is 0. The molecule has 0 amide bonds. The average Bonchev–Trinajstić information content (AvgIpc) is 4.03. The van der Waals surface area contributed by atoms with Crippen LogP contribution in [0.1, 0.15) is 144 Å². The first-order valence-corrected chi connectivity index (χ1v) is 24.5. The van der Waals surface area contributed by atoms with Crippen LogP contribution in [0, 0.1) is 40.4 Å². The standard InChI is InChI=1S/C52H48N6OS3/c1-5-57-46(59)44(61-48(57)42(30-53)55-3)26-34-22-32-24-40-36(28-38(32)50(34)16-10-7-11-17-50)37-29-39-33(25-41(37)52(40)20-14-9-15-21-52)23-35(51(39)18-12-8-13-19-51)27-45-47(60)58(6-2)49(62-45)43(31-54)56-4/h22-29H,5-21H2,1-2H3/b44-26-,45-27-,48-42+,49-43-. The van der Waals surface area contributed by atoms with E-state index >= 15 is 0 Å². The number of benzene rings is 2. The van der Waals surface area contributed by atoms with E-state index in [0.29, 0.717) is 31.6 Å². The van der Waals surface area contributed by atoms with Crippen LogP contribution in [-0.4, -0.2) is 9.13 Å². The second kappa shape index (κ2) is 15.5. The molecule has 2 aromatic heterocycles. The lowest BCUT2D eigenvalue weighted by atomic mass is 9.65. The molecule has 62 heavy (non-hydrogen) atoms. The van der Waals surface area contributed by atoms with Gasteiger partial charge in [0.1, 0.15) is 14.0 Å². The molecule has 7 nitrogen and oxygen atoms in total. The summed E-state index contributed by atoms with van der Waals surface area (Å²) in [6.07, 6.45) is 26.4. The third-order valence-corrected chi connectivity index (χ3v) is 18.3. The summed E-state index contributed by atoms with van der Waals surface area (Å²) in [7, 11) is 0. The van der Waals surface area contributed by atoms with E-state index in [9.17, 15) is 15.3 Å². The molecule has 0 unspecified atom stereocenters. The third-order valence-electron chi connectivity index (χ3n) is 15.4. The molecule has 0 aliphatic heterocycles. The second-order valence-corrected chi connectivity index (χ2v) is 20.6. The molecule has 10 rings (SSSR count). The zero-order valence-corrected chi connectivity index (χ0v) is 37.9. The number of aromatic nitrogens is 2. The minimum Gasteiger partial charge on any atom is -0.332 e. The Labute approximate surface area is 375 Å². The summed E-state index contributed by atoms with van der Waals surface area (Å²) in [5.41, 5.74) is 13.3. The second-order valence-electron chi connectivity index (χ2n) is 18.2. The van der Waals surface area contributed by atoms with Crippen molar-refractivity contribution < 1.29 is 0 Å². The number of hydrogen-bond acceptors (Lipinski definition) is 6. The first-order valence-electron chi connectivity index (χ1n) is 22.5. The summed E-state index contributed by atoms with van der Waals surface area (Å²) in [5.74, 6) is 0. The molecule has 0 atom stereocenters. The predicted octanol–water partition coefficient (Wildman–Crippen LogP) is 10.0. The maximum absolute atomic E-state index is 13.9. The first kappa shape index (κ1) is 40.7. The van der Waals surface area contributed by atoms with Crippen LogP contribution in [0.4, 0.5) is 0 Å². The number of nitrogens with zero attached hydrogens (tertiary/aromatic N) is 6. The molecule has 6 aliphatic rings. The van der Waals surface area contributed by atoms with E-state index in [-0.39, 0.29) is 33.2 Å². The topological polar surface area (TPSA) is 83.2 Å². The Morgan fingerprint density at radius 3 is 1.52 bits per heavy atom. The highest BCUT2D eigenvalue weighted by Crippen LogP contribution is 2.62. The summed E-state index contributed by atoms with van der Waals surface area (Å²) in [6, 6.07) is 14.4. The molecule has 3 saturated carbocycles. The number of nitriles is 2. The maximum Gasteiger partial charge on any atom is 0.294 e. The highest BCUT2D eigenvalue weighted by Gasteiger charge is 2.50. The quantitative estimate of drug-likeness (QED) is 0.151. The van der Waals surface area contributed by atoms with Gasteiger partial charge in [-0.05, 0) is 144 Å². The van der Waals surface area contributed by atoms with Gasteiger partial charge in [-0.3, -0.25) is 4.79 Å². The SMILES string of the molecule is [C-]#[N+]/C(C#N)=c1\s/c(=C\C2=Cc3cc4c(cc3C23CCCCC3)-c2cc3c(cc2C42CCCCC2)C=C(/C=c2\s/c(=C(\C#N)[N+]#[C-])n(CC)c2=O)C32CCCCC2)c(=S)n1CC. The Bertz CT molecular complexity index is 3000. The van der Waals surface area contributed by atoms with Gasteiger partial charge in [0.2, 0.25) is 0 Å². The maximum atomic E-state index is 13.9. The number of allylic oxidation sites excluding steroid dienone is 2. The lowest BCUT2D eigenvalue weighted by Crippen LogP contribution is -2.33. The highest BCUT2D eigenvalue weighted by atomic mass is 32.1. The monoisotopic (exact) mass is 868 g/mol. The van der Waals surface area contributed by atoms with Crippen molar-refractivity contribution in [3.8, 4) is 23.3 Å². The van der Waals surface area contributed by atoms with Gasteiger partial charge in [-0.2, -0.15) is 0 Å². The van der Waals surface area contributed by atoms with Gasteiger partial charge in [-0.1, -0.05) is 82.2 Å². The fourth-order valence-electron chi connectivity index (χ4n) is 12.6. The van der Waals surface area contributed by atoms with E-state index in [2.05, 4.69) is 64.3 Å². The molecule has 310 valence electrons. The van der Waals surface area contributed by atoms with Crippen LogP contribution in [-0.2, 0) is 29.3 Å². The molecule has 2 aromatic carbocycles. The smallest absolute Gasteiger partial charge is 0.294 e. The summed E-state index contributed by atoms with van der Waals surface area (Å²) in [6.45, 7) is 20.2. The number of rotatable bonds is 4. The zero-order chi connectivity index (χ0) is 43.0. The van der Waals surface area contributed by atoms with Gasteiger partial charge >= 0.3 is 0 Å². The number of thiazole rings is 2. The average molecular weight is 869 g/mol. The van der Waals surface area contributed by atoms with Crippen molar-refractivity contribution in [2.75, 3.05) is 0 Å². The molecule has 3 fully saturated rings. The summed E-state index contributed by atoms with van der Waals surface area (Å²) in [5, 5.41) is 19.6. The minimum absolute atomic E-state index is 0.0286. The molecule has 6 aliphatic carbocycles. The van der Waals surface area contributed by atoms with Gasteiger partial charge in [0.05, 0.1) is 34.3 Å². The van der Waals surface area contributed by atoms with E-state index in [1.165, 1.54) is 123 Å². The van der Waals surface area contributed by atoms with Crippen molar-refractivity contribution in [3.63, 3.8) is 0 Å². The lowest BCUT2D eigenvalue weighted by Gasteiger charge is -2.38. The summed E-state index contributed by atoms with van der Waals surface area (Å²) < 4.78 is 6.88. The Morgan fingerprint density at radius 1 is 0.661 bits per heavy atom. The van der Waals surface area contributed by atoms with Crippen LogP contribution < -0.4 is 23.9 Å². The zero-order valence-electron chi connectivity index (χ0n) is 35.5. The third kappa shape index (κ3) is 5.80. The van der Waals surface area contributed by atoms with Crippen molar-refractivity contribution in [1.82, 2.24) is 9.13 Å². The van der Waals surface area contributed by atoms with E-state index in [1.54, 1.807) is 4.57 Å². The van der Waals surface area contributed by atoms with Crippen molar-refractivity contribution in [2.24, 2.45) is 0 Å². The highest BCUT2D eigenvalue weighted by molar-refractivity contribution is 7.71. The van der Waals surface area contributed by atoms with E-state index in [0.717, 1.165) is 55.9 Å². The van der Waals surface area contributed by atoms with Crippen LogP contribution in [0.2, 0.25) is 0 Å².